The van der Waals surface area contributed by atoms with Gasteiger partial charge in [-0.15, -0.1) is 0 Å². The summed E-state index contributed by atoms with van der Waals surface area (Å²) in [7, 11) is 3.14. The number of nitrogens with zero attached hydrogens (tertiary/aromatic N) is 1. The molecule has 31 heavy (non-hydrogen) atoms. The largest absolute Gasteiger partial charge is 0.497 e. The molecule has 0 spiro atoms. The molecule has 3 rings (SSSR count). The fraction of sp³-hybridized carbons (Fsp3) is 0.304. The molecule has 0 saturated heterocycles. The molecule has 1 fully saturated rings. The first-order valence-corrected chi connectivity index (χ1v) is 10.3. The third kappa shape index (κ3) is 5.17. The predicted molar refractivity (Wildman–Crippen MR) is 122 cm³/mol. The topological polar surface area (TPSA) is 103 Å². The molecular weight excluding hydrogens is 419 g/mol. The number of carbonyl (C=O) groups excluding carboxylic acids is 1. The summed E-state index contributed by atoms with van der Waals surface area (Å²) in [5.74, 6) is 0.108. The number of benzene rings is 2. The van der Waals surface area contributed by atoms with Crippen LogP contribution in [0, 0.1) is 11.7 Å². The van der Waals surface area contributed by atoms with Crippen LogP contribution in [0.4, 0.5) is 10.1 Å². The Kier molecular flexibility index (Phi) is 7.17. The van der Waals surface area contributed by atoms with Gasteiger partial charge in [-0.05, 0) is 67.0 Å². The average Bonchev–Trinajstić information content (AvgIpc) is 3.26. The first-order valence-electron chi connectivity index (χ1n) is 9.96. The molecule has 1 aliphatic rings. The number of carbonyl (C=O) groups is 1. The van der Waals surface area contributed by atoms with Crippen molar-refractivity contribution in [1.82, 2.24) is 0 Å². The van der Waals surface area contributed by atoms with Crippen LogP contribution in [0.1, 0.15) is 30.7 Å². The van der Waals surface area contributed by atoms with E-state index >= 15 is 0 Å². The number of ether oxygens (including phenoxy) is 1. The van der Waals surface area contributed by atoms with Gasteiger partial charge in [0.15, 0.2) is 0 Å². The second-order valence-electron chi connectivity index (χ2n) is 7.50. The van der Waals surface area contributed by atoms with Gasteiger partial charge in [-0.25, -0.2) is 4.39 Å². The van der Waals surface area contributed by atoms with E-state index in [9.17, 15) is 9.18 Å². The zero-order valence-electron chi connectivity index (χ0n) is 17.5. The number of allylic oxidation sites excluding steroid dienone is 1. The average molecular weight is 445 g/mol. The monoisotopic (exact) mass is 444 g/mol. The Morgan fingerprint density at radius 2 is 1.90 bits per heavy atom. The number of hydrogen-bond acceptors (Lipinski definition) is 4. The molecule has 0 bridgehead atoms. The molecule has 0 heterocycles. The second kappa shape index (κ2) is 9.83. The van der Waals surface area contributed by atoms with E-state index in [1.807, 2.05) is 12.1 Å². The number of nitrogens with two attached hydrogens (primary N) is 2. The minimum absolute atomic E-state index is 0.00930. The van der Waals surface area contributed by atoms with Crippen molar-refractivity contribution in [1.29, 1.82) is 0 Å². The number of amides is 1. The molecule has 1 aliphatic carbocycles. The van der Waals surface area contributed by atoms with Gasteiger partial charge < -0.3 is 21.5 Å². The van der Waals surface area contributed by atoms with Gasteiger partial charge in [0.2, 0.25) is 0 Å². The zero-order chi connectivity index (χ0) is 22.5. The van der Waals surface area contributed by atoms with Gasteiger partial charge in [-0.3, -0.25) is 9.79 Å². The maximum absolute atomic E-state index is 13.4. The number of anilines is 1. The molecule has 2 unspecified atom stereocenters. The summed E-state index contributed by atoms with van der Waals surface area (Å²) in [6.45, 7) is 0. The van der Waals surface area contributed by atoms with Gasteiger partial charge in [0, 0.05) is 18.4 Å². The van der Waals surface area contributed by atoms with Crippen molar-refractivity contribution in [2.24, 2.45) is 22.4 Å². The number of halogens is 2. The molecule has 5 N–H and O–H groups in total. The number of methoxy groups -OCH3 is 1. The van der Waals surface area contributed by atoms with E-state index in [0.717, 1.165) is 25.0 Å². The first-order chi connectivity index (χ1) is 14.8. The number of nitrogens with one attached hydrogen (secondary N) is 1. The smallest absolute Gasteiger partial charge is 0.261 e. The van der Waals surface area contributed by atoms with Crippen molar-refractivity contribution in [2.45, 2.75) is 25.2 Å². The van der Waals surface area contributed by atoms with Crippen LogP contribution in [0.3, 0.4) is 0 Å². The molecule has 2 aromatic rings. The fourth-order valence-electron chi connectivity index (χ4n) is 3.92. The highest BCUT2D eigenvalue weighted by Gasteiger charge is 2.31. The van der Waals surface area contributed by atoms with Gasteiger partial charge in [-0.1, -0.05) is 23.7 Å². The lowest BCUT2D eigenvalue weighted by Crippen LogP contribution is -2.31. The molecule has 2 aromatic carbocycles. The highest BCUT2D eigenvalue weighted by Crippen LogP contribution is 2.41. The summed E-state index contributed by atoms with van der Waals surface area (Å²) in [4.78, 5) is 16.9. The molecular formula is C23H26ClFN4O2. The normalized spacial score (nSPS) is 19.7. The Morgan fingerprint density at radius 1 is 1.19 bits per heavy atom. The van der Waals surface area contributed by atoms with Gasteiger partial charge in [0.05, 0.1) is 12.1 Å². The molecule has 6 nitrogen and oxygen atoms in total. The molecule has 8 heteroatoms. The Labute approximate surface area is 186 Å². The van der Waals surface area contributed by atoms with Crippen LogP contribution < -0.4 is 21.5 Å². The number of hydrogen-bond donors (Lipinski definition) is 3. The van der Waals surface area contributed by atoms with Gasteiger partial charge in [0.25, 0.3) is 5.91 Å². The summed E-state index contributed by atoms with van der Waals surface area (Å²) in [6.07, 6.45) is 2.58. The number of amidine groups is 1. The molecule has 0 radical (unpaired) electrons. The lowest BCUT2D eigenvalue weighted by Gasteiger charge is -2.17. The van der Waals surface area contributed by atoms with Crippen LogP contribution in [0.5, 0.6) is 5.75 Å². The molecule has 0 aliphatic heterocycles. The van der Waals surface area contributed by atoms with Crippen LogP contribution in [0.2, 0.25) is 5.02 Å². The maximum Gasteiger partial charge on any atom is 0.261 e. The van der Waals surface area contributed by atoms with Gasteiger partial charge in [-0.2, -0.15) is 0 Å². The van der Waals surface area contributed by atoms with E-state index in [-0.39, 0.29) is 22.3 Å². The van der Waals surface area contributed by atoms with Gasteiger partial charge in [0.1, 0.15) is 23.0 Å². The minimum atomic E-state index is -0.569. The number of rotatable bonds is 6. The van der Waals surface area contributed by atoms with Gasteiger partial charge >= 0.3 is 0 Å². The molecule has 0 aromatic heterocycles. The van der Waals surface area contributed by atoms with Crippen molar-refractivity contribution in [3.05, 3.63) is 70.1 Å². The summed E-state index contributed by atoms with van der Waals surface area (Å²) in [5.41, 5.74) is 14.6. The van der Waals surface area contributed by atoms with Crippen LogP contribution in [-0.2, 0) is 4.79 Å². The highest BCUT2D eigenvalue weighted by atomic mass is 35.5. The van der Waals surface area contributed by atoms with Crippen molar-refractivity contribution in [3.63, 3.8) is 0 Å². The second-order valence-corrected chi connectivity index (χ2v) is 7.91. The number of aliphatic imine (C=N–C) groups is 1. The highest BCUT2D eigenvalue weighted by molar-refractivity contribution is 6.31. The first kappa shape index (κ1) is 22.6. The van der Waals surface area contributed by atoms with E-state index in [0.29, 0.717) is 17.3 Å². The Balaban J connectivity index is 1.81. The summed E-state index contributed by atoms with van der Waals surface area (Å²) in [5, 5.41) is 2.59. The summed E-state index contributed by atoms with van der Waals surface area (Å²) in [6, 6.07) is 11.9. The Morgan fingerprint density at radius 3 is 2.52 bits per heavy atom. The van der Waals surface area contributed by atoms with Crippen LogP contribution in [0.25, 0.3) is 0 Å². The molecule has 2 atom stereocenters. The third-order valence-electron chi connectivity index (χ3n) is 5.65. The molecule has 1 amide bonds. The Bertz CT molecular complexity index is 1020. The minimum Gasteiger partial charge on any atom is -0.497 e. The Hall–Kier alpha value is -3.06. The van der Waals surface area contributed by atoms with Crippen molar-refractivity contribution >= 4 is 29.0 Å². The maximum atomic E-state index is 13.4. The van der Waals surface area contributed by atoms with Crippen LogP contribution in [0.15, 0.2) is 58.7 Å². The van der Waals surface area contributed by atoms with Crippen LogP contribution in [-0.4, -0.2) is 25.9 Å². The zero-order valence-corrected chi connectivity index (χ0v) is 18.2. The van der Waals surface area contributed by atoms with E-state index in [1.165, 1.54) is 30.8 Å². The third-order valence-corrected chi connectivity index (χ3v) is 5.94. The quantitative estimate of drug-likeness (QED) is 0.352. The predicted octanol–water partition coefficient (Wildman–Crippen LogP) is 4.21. The van der Waals surface area contributed by atoms with E-state index in [1.54, 1.807) is 7.11 Å². The molecule has 1 saturated carbocycles. The summed E-state index contributed by atoms with van der Waals surface area (Å²) < 4.78 is 18.6. The van der Waals surface area contributed by atoms with E-state index < -0.39 is 11.7 Å². The SMILES string of the molecule is CN=C(N)/C(C(=O)Nc1ccc(F)c(Cl)c1)=C(\N)C1CCC(c2ccc(OC)cc2)C1. The standard InChI is InChI=1S/C23H26ClFN4O2/c1-28-22(27)20(23(30)29-16-7-10-19(25)18(24)12-16)21(26)15-4-3-14(11-15)13-5-8-17(31-2)9-6-13/h5-10,12,14-15H,3-4,11,26H2,1-2H3,(H2,27,28)(H,29,30)/b21-20+. The van der Waals surface area contributed by atoms with E-state index in [4.69, 9.17) is 27.8 Å². The van der Waals surface area contributed by atoms with Crippen molar-refractivity contribution in [3.8, 4) is 5.75 Å². The van der Waals surface area contributed by atoms with Crippen molar-refractivity contribution < 1.29 is 13.9 Å². The van der Waals surface area contributed by atoms with E-state index in [2.05, 4.69) is 22.4 Å². The molecule has 164 valence electrons. The fourth-order valence-corrected chi connectivity index (χ4v) is 4.10. The van der Waals surface area contributed by atoms with Crippen molar-refractivity contribution in [2.75, 3.05) is 19.5 Å². The lowest BCUT2D eigenvalue weighted by molar-refractivity contribution is -0.112. The summed E-state index contributed by atoms with van der Waals surface area (Å²) >= 11 is 5.81. The van der Waals surface area contributed by atoms with Crippen LogP contribution >= 0.6 is 11.6 Å². The lowest BCUT2D eigenvalue weighted by atomic mass is 9.93.